The topological polar surface area (TPSA) is 94.2 Å². The summed E-state index contributed by atoms with van der Waals surface area (Å²) < 4.78 is 16.9. The molecular formula is C27H22Cl2N2O6. The van der Waals surface area contributed by atoms with E-state index in [1.165, 1.54) is 43.5 Å². The van der Waals surface area contributed by atoms with Crippen molar-refractivity contribution in [1.29, 1.82) is 0 Å². The molecule has 37 heavy (non-hydrogen) atoms. The number of imide groups is 2. The van der Waals surface area contributed by atoms with E-state index >= 15 is 0 Å². The molecule has 8 nitrogen and oxygen atoms in total. The molecule has 4 rings (SSSR count). The van der Waals surface area contributed by atoms with Crippen LogP contribution >= 0.6 is 23.2 Å². The lowest BCUT2D eigenvalue weighted by atomic mass is 10.1. The fraction of sp³-hybridized carbons (Fsp3) is 0.148. The van der Waals surface area contributed by atoms with Crippen molar-refractivity contribution < 1.29 is 28.6 Å². The molecule has 10 heteroatoms. The van der Waals surface area contributed by atoms with E-state index in [4.69, 9.17) is 37.4 Å². The van der Waals surface area contributed by atoms with Gasteiger partial charge in [-0.1, -0.05) is 40.9 Å². The van der Waals surface area contributed by atoms with E-state index in [1.807, 2.05) is 31.2 Å². The third-order valence-corrected chi connectivity index (χ3v) is 5.90. The van der Waals surface area contributed by atoms with Gasteiger partial charge in [-0.05, 0) is 67.1 Å². The minimum absolute atomic E-state index is 0.198. The quantitative estimate of drug-likeness (QED) is 0.232. The maximum absolute atomic E-state index is 13.1. The molecular weight excluding hydrogens is 519 g/mol. The fourth-order valence-corrected chi connectivity index (χ4v) is 3.95. The Balaban J connectivity index is 1.52. The van der Waals surface area contributed by atoms with E-state index < -0.39 is 17.8 Å². The van der Waals surface area contributed by atoms with Gasteiger partial charge in [-0.2, -0.15) is 0 Å². The molecule has 4 amide bonds. The normalized spacial score (nSPS) is 14.5. The summed E-state index contributed by atoms with van der Waals surface area (Å²) in [4.78, 5) is 38.8. The molecule has 1 aliphatic heterocycles. The number of hydrogen-bond donors (Lipinski definition) is 1. The second-order valence-corrected chi connectivity index (χ2v) is 8.82. The van der Waals surface area contributed by atoms with Crippen LogP contribution in [0.2, 0.25) is 10.0 Å². The first-order valence-corrected chi connectivity index (χ1v) is 11.9. The van der Waals surface area contributed by atoms with Crippen LogP contribution in [0.4, 0.5) is 10.5 Å². The van der Waals surface area contributed by atoms with E-state index in [0.717, 1.165) is 16.2 Å². The molecule has 0 radical (unpaired) electrons. The van der Waals surface area contributed by atoms with Gasteiger partial charge in [0.05, 0.1) is 17.8 Å². The van der Waals surface area contributed by atoms with Crippen LogP contribution in [-0.2, 0) is 9.59 Å². The van der Waals surface area contributed by atoms with Gasteiger partial charge in [0.25, 0.3) is 11.8 Å². The molecule has 1 N–H and O–H groups in total. The number of carbonyl (C=O) groups is 3. The maximum atomic E-state index is 13.1. The van der Waals surface area contributed by atoms with E-state index in [1.54, 1.807) is 6.07 Å². The highest BCUT2D eigenvalue weighted by atomic mass is 35.5. The van der Waals surface area contributed by atoms with Crippen molar-refractivity contribution in [2.24, 2.45) is 0 Å². The fourth-order valence-electron chi connectivity index (χ4n) is 3.55. The van der Waals surface area contributed by atoms with Crippen molar-refractivity contribution in [3.8, 4) is 17.2 Å². The second-order valence-electron chi connectivity index (χ2n) is 7.98. The number of amides is 4. The van der Waals surface area contributed by atoms with Gasteiger partial charge in [-0.25, -0.2) is 9.69 Å². The summed E-state index contributed by atoms with van der Waals surface area (Å²) in [5.41, 5.74) is 1.53. The first kappa shape index (κ1) is 26.1. The Morgan fingerprint density at radius 1 is 0.919 bits per heavy atom. The van der Waals surface area contributed by atoms with Crippen LogP contribution in [0.25, 0.3) is 6.08 Å². The smallest absolute Gasteiger partial charge is 0.335 e. The van der Waals surface area contributed by atoms with Gasteiger partial charge in [0, 0.05) is 5.02 Å². The average molecular weight is 541 g/mol. The maximum Gasteiger partial charge on any atom is 0.335 e. The van der Waals surface area contributed by atoms with Gasteiger partial charge < -0.3 is 14.2 Å². The van der Waals surface area contributed by atoms with Crippen LogP contribution in [0.15, 0.2) is 66.2 Å². The number of urea groups is 1. The SMILES string of the molecule is COc1cc(/C=C2/C(=O)NC(=O)N(c3ccc(Cl)cc3)C2=O)cc(Cl)c1OCCOc1ccc(C)cc1. The Labute approximate surface area is 223 Å². The lowest BCUT2D eigenvalue weighted by Gasteiger charge is -2.26. The van der Waals surface area contributed by atoms with E-state index in [2.05, 4.69) is 5.32 Å². The van der Waals surface area contributed by atoms with Crippen molar-refractivity contribution >= 4 is 52.8 Å². The number of ether oxygens (including phenoxy) is 3. The van der Waals surface area contributed by atoms with Crippen LogP contribution in [0.5, 0.6) is 17.2 Å². The summed E-state index contributed by atoms with van der Waals surface area (Å²) in [5.74, 6) is -0.320. The first-order chi connectivity index (χ1) is 17.8. The summed E-state index contributed by atoms with van der Waals surface area (Å²) >= 11 is 12.3. The molecule has 0 aromatic heterocycles. The van der Waals surface area contributed by atoms with Crippen LogP contribution in [0.3, 0.4) is 0 Å². The zero-order chi connectivity index (χ0) is 26.5. The van der Waals surface area contributed by atoms with Gasteiger partial charge in [0.1, 0.15) is 24.5 Å². The Bertz CT molecular complexity index is 1370. The predicted octanol–water partition coefficient (Wildman–Crippen LogP) is 5.43. The molecule has 1 heterocycles. The van der Waals surface area contributed by atoms with Gasteiger partial charge in [0.2, 0.25) is 0 Å². The largest absolute Gasteiger partial charge is 0.493 e. The number of aryl methyl sites for hydroxylation is 1. The summed E-state index contributed by atoms with van der Waals surface area (Å²) in [5, 5.41) is 2.81. The van der Waals surface area contributed by atoms with Gasteiger partial charge in [0.15, 0.2) is 11.5 Å². The number of rotatable bonds is 8. The number of benzene rings is 3. The molecule has 190 valence electrons. The van der Waals surface area contributed by atoms with E-state index in [0.29, 0.717) is 16.3 Å². The highest BCUT2D eigenvalue weighted by molar-refractivity contribution is 6.39. The number of barbiturate groups is 1. The molecule has 3 aromatic rings. The third kappa shape index (κ3) is 6.04. The number of hydrogen-bond acceptors (Lipinski definition) is 6. The third-order valence-electron chi connectivity index (χ3n) is 5.37. The monoisotopic (exact) mass is 540 g/mol. The average Bonchev–Trinajstić information content (AvgIpc) is 2.87. The minimum atomic E-state index is -0.860. The molecule has 0 bridgehead atoms. The standard InChI is InChI=1S/C27H22Cl2N2O6/c1-16-3-9-20(10-4-16)36-11-12-37-24-22(29)14-17(15-23(24)35-2)13-21-25(32)30-27(34)31(26(21)33)19-7-5-18(28)6-8-19/h3-10,13-15H,11-12H2,1-2H3,(H,30,32,34)/b21-13-. The Hall–Kier alpha value is -4.01. The van der Waals surface area contributed by atoms with Gasteiger partial charge in [-0.15, -0.1) is 0 Å². The molecule has 0 unspecified atom stereocenters. The van der Waals surface area contributed by atoms with Crippen LogP contribution in [-0.4, -0.2) is 38.2 Å². The number of methoxy groups -OCH3 is 1. The van der Waals surface area contributed by atoms with E-state index in [-0.39, 0.29) is 35.2 Å². The summed E-state index contributed by atoms with van der Waals surface area (Å²) in [6.07, 6.45) is 1.33. The van der Waals surface area contributed by atoms with Crippen LogP contribution in [0, 0.1) is 6.92 Å². The highest BCUT2D eigenvalue weighted by Crippen LogP contribution is 2.37. The Morgan fingerprint density at radius 3 is 2.27 bits per heavy atom. The number of nitrogens with zero attached hydrogens (tertiary/aromatic N) is 1. The first-order valence-electron chi connectivity index (χ1n) is 11.1. The zero-order valence-corrected chi connectivity index (χ0v) is 21.4. The van der Waals surface area contributed by atoms with Crippen molar-refractivity contribution in [1.82, 2.24) is 5.32 Å². The lowest BCUT2D eigenvalue weighted by Crippen LogP contribution is -2.54. The van der Waals surface area contributed by atoms with Crippen molar-refractivity contribution in [2.75, 3.05) is 25.2 Å². The van der Waals surface area contributed by atoms with Crippen LogP contribution in [0.1, 0.15) is 11.1 Å². The molecule has 0 aliphatic carbocycles. The molecule has 0 spiro atoms. The Kier molecular flexibility index (Phi) is 8.01. The Morgan fingerprint density at radius 2 is 1.59 bits per heavy atom. The number of carbonyl (C=O) groups excluding carboxylic acids is 3. The van der Waals surface area contributed by atoms with Crippen LogP contribution < -0.4 is 24.4 Å². The molecule has 1 saturated heterocycles. The van der Waals surface area contributed by atoms with E-state index in [9.17, 15) is 14.4 Å². The van der Waals surface area contributed by atoms with Gasteiger partial charge >= 0.3 is 6.03 Å². The molecule has 3 aromatic carbocycles. The highest BCUT2D eigenvalue weighted by Gasteiger charge is 2.36. The molecule has 0 saturated carbocycles. The van der Waals surface area contributed by atoms with Crippen molar-refractivity contribution in [3.63, 3.8) is 0 Å². The molecule has 1 fully saturated rings. The number of halogens is 2. The zero-order valence-electron chi connectivity index (χ0n) is 19.9. The predicted molar refractivity (Wildman–Crippen MR) is 141 cm³/mol. The summed E-state index contributed by atoms with van der Waals surface area (Å²) in [7, 11) is 1.44. The molecule has 1 aliphatic rings. The molecule has 0 atom stereocenters. The summed E-state index contributed by atoms with van der Waals surface area (Å²) in [6, 6.07) is 15.9. The number of nitrogens with one attached hydrogen (secondary N) is 1. The lowest BCUT2D eigenvalue weighted by molar-refractivity contribution is -0.122. The minimum Gasteiger partial charge on any atom is -0.493 e. The summed E-state index contributed by atoms with van der Waals surface area (Å²) in [6.45, 7) is 2.47. The number of anilines is 1. The van der Waals surface area contributed by atoms with Crippen molar-refractivity contribution in [2.45, 2.75) is 6.92 Å². The van der Waals surface area contributed by atoms with Gasteiger partial charge in [-0.3, -0.25) is 14.9 Å². The van der Waals surface area contributed by atoms with Crippen molar-refractivity contribution in [3.05, 3.63) is 87.4 Å². The second kappa shape index (κ2) is 11.4.